The van der Waals surface area contributed by atoms with E-state index >= 15 is 0 Å². The molecule has 0 spiro atoms. The van der Waals surface area contributed by atoms with Crippen LogP contribution < -0.4 is 4.74 Å². The summed E-state index contributed by atoms with van der Waals surface area (Å²) in [6.07, 6.45) is 3.09. The van der Waals surface area contributed by atoms with Gasteiger partial charge in [-0.3, -0.25) is 4.79 Å². The van der Waals surface area contributed by atoms with E-state index in [1.165, 1.54) is 24.3 Å². The van der Waals surface area contributed by atoms with Crippen molar-refractivity contribution in [2.24, 2.45) is 0 Å². The maximum absolute atomic E-state index is 12.4. The summed E-state index contributed by atoms with van der Waals surface area (Å²) in [7, 11) is 0. The Bertz CT molecular complexity index is 1090. The molecule has 1 aromatic heterocycles. The van der Waals surface area contributed by atoms with Crippen molar-refractivity contribution in [3.63, 3.8) is 0 Å². The lowest BCUT2D eigenvalue weighted by molar-refractivity contribution is 0.0697. The number of phenolic OH excluding ortho intramolecular Hbond substituents is 2. The second-order valence-corrected chi connectivity index (χ2v) is 5.59. The van der Waals surface area contributed by atoms with E-state index in [2.05, 4.69) is 4.98 Å². The average molecular weight is 337 g/mol. The number of allylic oxidation sites excluding steroid dienone is 1. The van der Waals surface area contributed by atoms with Crippen molar-refractivity contribution >= 4 is 28.7 Å². The zero-order chi connectivity index (χ0) is 17.7. The smallest absolute Gasteiger partial charge is 0.335 e. The highest BCUT2D eigenvalue weighted by molar-refractivity contribution is 6.16. The van der Waals surface area contributed by atoms with Gasteiger partial charge in [0.05, 0.1) is 5.56 Å². The highest BCUT2D eigenvalue weighted by Gasteiger charge is 2.31. The number of phenols is 2. The molecule has 0 saturated heterocycles. The van der Waals surface area contributed by atoms with Gasteiger partial charge in [-0.05, 0) is 24.3 Å². The van der Waals surface area contributed by atoms with Gasteiger partial charge in [0.15, 0.2) is 5.76 Å². The fourth-order valence-corrected chi connectivity index (χ4v) is 2.81. The number of hydrogen-bond donors (Lipinski definition) is 4. The summed E-state index contributed by atoms with van der Waals surface area (Å²) in [4.78, 5) is 26.6. The lowest BCUT2D eigenvalue weighted by Gasteiger charge is -2.00. The molecule has 2 heterocycles. The van der Waals surface area contributed by atoms with Crippen LogP contribution >= 0.6 is 0 Å². The molecular formula is C18H11NO6. The van der Waals surface area contributed by atoms with Crippen molar-refractivity contribution in [2.75, 3.05) is 0 Å². The Morgan fingerprint density at radius 1 is 1.16 bits per heavy atom. The predicted molar refractivity (Wildman–Crippen MR) is 88.0 cm³/mol. The zero-order valence-corrected chi connectivity index (χ0v) is 12.6. The summed E-state index contributed by atoms with van der Waals surface area (Å²) in [5, 5.41) is 29.1. The normalized spacial score (nSPS) is 14.7. The number of Topliss-reactive ketones (excluding diaryl/α,β-unsaturated/α-hetero) is 1. The Kier molecular flexibility index (Phi) is 3.04. The van der Waals surface area contributed by atoms with Crippen LogP contribution in [-0.4, -0.2) is 32.1 Å². The van der Waals surface area contributed by atoms with E-state index in [9.17, 15) is 19.8 Å². The van der Waals surface area contributed by atoms with Crippen LogP contribution in [0.2, 0.25) is 0 Å². The van der Waals surface area contributed by atoms with Crippen molar-refractivity contribution < 1.29 is 29.6 Å². The minimum Gasteiger partial charge on any atom is -0.508 e. The van der Waals surface area contributed by atoms with E-state index < -0.39 is 11.8 Å². The Balaban J connectivity index is 1.81. The van der Waals surface area contributed by atoms with Gasteiger partial charge in [0.25, 0.3) is 0 Å². The van der Waals surface area contributed by atoms with Gasteiger partial charge in [-0.25, -0.2) is 4.79 Å². The van der Waals surface area contributed by atoms with Crippen LogP contribution in [0.4, 0.5) is 0 Å². The summed E-state index contributed by atoms with van der Waals surface area (Å²) in [6.45, 7) is 0. The maximum Gasteiger partial charge on any atom is 0.335 e. The summed E-state index contributed by atoms with van der Waals surface area (Å²) >= 11 is 0. The number of aromatic nitrogens is 1. The third-order valence-corrected chi connectivity index (χ3v) is 3.98. The number of ether oxygens (including phenoxy) is 1. The molecule has 0 unspecified atom stereocenters. The molecule has 0 amide bonds. The molecule has 4 N–H and O–H groups in total. The number of ketones is 1. The van der Waals surface area contributed by atoms with Crippen molar-refractivity contribution in [1.82, 2.24) is 4.98 Å². The summed E-state index contributed by atoms with van der Waals surface area (Å²) < 4.78 is 5.44. The molecule has 0 bridgehead atoms. The Morgan fingerprint density at radius 2 is 1.96 bits per heavy atom. The molecule has 0 fully saturated rings. The first kappa shape index (κ1) is 14.8. The van der Waals surface area contributed by atoms with E-state index in [0.717, 1.165) is 6.07 Å². The van der Waals surface area contributed by atoms with Crippen LogP contribution in [0.5, 0.6) is 17.2 Å². The summed E-state index contributed by atoms with van der Waals surface area (Å²) in [6, 6.07) is 6.92. The number of aromatic amines is 1. The van der Waals surface area contributed by atoms with Gasteiger partial charge in [0.2, 0.25) is 5.78 Å². The highest BCUT2D eigenvalue weighted by atomic mass is 16.5. The lowest BCUT2D eigenvalue weighted by atomic mass is 10.1. The number of hydrogen-bond acceptors (Lipinski definition) is 5. The van der Waals surface area contributed by atoms with Gasteiger partial charge in [-0.15, -0.1) is 0 Å². The maximum atomic E-state index is 12.4. The molecule has 7 nitrogen and oxygen atoms in total. The molecule has 0 aliphatic carbocycles. The number of carboxylic acids is 1. The van der Waals surface area contributed by atoms with Crippen LogP contribution in [0.1, 0.15) is 26.3 Å². The minimum atomic E-state index is -1.05. The van der Waals surface area contributed by atoms with Crippen molar-refractivity contribution in [1.29, 1.82) is 0 Å². The first-order valence-corrected chi connectivity index (χ1v) is 7.28. The van der Waals surface area contributed by atoms with Crippen molar-refractivity contribution in [2.45, 2.75) is 0 Å². The Hall–Kier alpha value is -3.74. The predicted octanol–water partition coefficient (Wildman–Crippen LogP) is 2.89. The molecule has 2 aromatic carbocycles. The molecule has 3 aromatic rings. The third-order valence-electron chi connectivity index (χ3n) is 3.98. The molecule has 1 aliphatic heterocycles. The number of aromatic hydroxyl groups is 2. The first-order chi connectivity index (χ1) is 11.9. The standard InChI is InChI=1S/C18H11NO6/c20-10-5-13(21)16-14(6-10)25-15(17(16)22)4-9-7-19-12-2-1-8(18(23)24)3-11(9)12/h1-7,19-21H,(H,23,24)/b15-4-. The van der Waals surface area contributed by atoms with E-state index in [-0.39, 0.29) is 34.1 Å². The number of carbonyl (C=O) groups excluding carboxylic acids is 1. The number of fused-ring (bicyclic) bond motifs is 2. The monoisotopic (exact) mass is 337 g/mol. The van der Waals surface area contributed by atoms with Crippen LogP contribution in [0.3, 0.4) is 0 Å². The number of rotatable bonds is 2. The van der Waals surface area contributed by atoms with Gasteiger partial charge in [0, 0.05) is 34.8 Å². The molecule has 124 valence electrons. The molecule has 7 heteroatoms. The van der Waals surface area contributed by atoms with E-state index in [1.807, 2.05) is 0 Å². The van der Waals surface area contributed by atoms with Gasteiger partial charge in [0.1, 0.15) is 22.8 Å². The van der Waals surface area contributed by atoms with E-state index in [0.29, 0.717) is 16.5 Å². The number of benzene rings is 2. The fourth-order valence-electron chi connectivity index (χ4n) is 2.81. The van der Waals surface area contributed by atoms with Gasteiger partial charge in [-0.1, -0.05) is 0 Å². The number of carbonyl (C=O) groups is 2. The van der Waals surface area contributed by atoms with Crippen LogP contribution in [0.25, 0.3) is 17.0 Å². The zero-order valence-electron chi connectivity index (χ0n) is 12.6. The fraction of sp³-hybridized carbons (Fsp3) is 0. The van der Waals surface area contributed by atoms with E-state index in [1.54, 1.807) is 12.3 Å². The van der Waals surface area contributed by atoms with Crippen molar-refractivity contribution in [3.05, 3.63) is 59.0 Å². The lowest BCUT2D eigenvalue weighted by Crippen LogP contribution is -1.98. The van der Waals surface area contributed by atoms with Crippen LogP contribution in [0.15, 0.2) is 42.3 Å². The SMILES string of the molecule is O=C(O)c1ccc2[nH]cc(/C=C3\Oc4cc(O)cc(O)c4C3=O)c2c1. The van der Waals surface area contributed by atoms with Crippen LogP contribution in [0, 0.1) is 0 Å². The number of carboxylic acid groups (broad SMARTS) is 1. The molecule has 0 radical (unpaired) electrons. The molecule has 1 aliphatic rings. The van der Waals surface area contributed by atoms with Gasteiger partial charge >= 0.3 is 5.97 Å². The van der Waals surface area contributed by atoms with E-state index in [4.69, 9.17) is 9.84 Å². The minimum absolute atomic E-state index is 0.0184. The van der Waals surface area contributed by atoms with Crippen LogP contribution in [-0.2, 0) is 0 Å². The molecule has 25 heavy (non-hydrogen) atoms. The molecule has 0 saturated carbocycles. The quantitative estimate of drug-likeness (QED) is 0.534. The highest BCUT2D eigenvalue weighted by Crippen LogP contribution is 2.40. The molecular weight excluding hydrogens is 326 g/mol. The molecule has 4 rings (SSSR count). The van der Waals surface area contributed by atoms with Gasteiger partial charge < -0.3 is 25.0 Å². The summed E-state index contributed by atoms with van der Waals surface area (Å²) in [5.41, 5.74) is 1.38. The van der Waals surface area contributed by atoms with Crippen molar-refractivity contribution in [3.8, 4) is 17.2 Å². The van der Waals surface area contributed by atoms with Gasteiger partial charge in [-0.2, -0.15) is 0 Å². The first-order valence-electron chi connectivity index (χ1n) is 7.28. The third kappa shape index (κ3) is 2.29. The topological polar surface area (TPSA) is 120 Å². The largest absolute Gasteiger partial charge is 0.508 e. The number of nitrogens with one attached hydrogen (secondary N) is 1. The second kappa shape index (κ2) is 5.13. The Labute approximate surface area is 140 Å². The number of aromatic carboxylic acids is 1. The summed E-state index contributed by atoms with van der Waals surface area (Å²) in [5.74, 6) is -2.12. The number of H-pyrrole nitrogens is 1. The molecule has 0 atom stereocenters. The second-order valence-electron chi connectivity index (χ2n) is 5.59. The Morgan fingerprint density at radius 3 is 2.72 bits per heavy atom. The average Bonchev–Trinajstić information content (AvgIpc) is 3.09.